The minimum absolute atomic E-state index is 0.0215. The molecule has 0 bridgehead atoms. The minimum atomic E-state index is -4.76. The lowest BCUT2D eigenvalue weighted by Gasteiger charge is -2.28. The largest absolute Gasteiger partial charge is 0.481 e. The molecule has 0 spiro atoms. The predicted molar refractivity (Wildman–Crippen MR) is 77.2 cm³/mol. The standard InChI is InChI=1S/C15H18F3N3O3/c1-8(2)14(13(23)24)4-5-21(7-14)11(22)10-6-9(3)19-12(20-10)15(16,17)18/h6,8H,4-5,7H2,1-3H3,(H,23,24). The number of alkyl halides is 3. The predicted octanol–water partition coefficient (Wildman–Crippen LogP) is 2.38. The highest BCUT2D eigenvalue weighted by Crippen LogP contribution is 2.38. The van der Waals surface area contributed by atoms with Crippen LogP contribution in [0.25, 0.3) is 0 Å². The number of aliphatic carboxylic acids is 1. The van der Waals surface area contributed by atoms with Crippen LogP contribution >= 0.6 is 0 Å². The summed E-state index contributed by atoms with van der Waals surface area (Å²) in [5.41, 5.74) is -1.45. The van der Waals surface area contributed by atoms with Crippen LogP contribution in [0.3, 0.4) is 0 Å². The van der Waals surface area contributed by atoms with Crippen LogP contribution in [0.2, 0.25) is 0 Å². The quantitative estimate of drug-likeness (QED) is 0.909. The van der Waals surface area contributed by atoms with E-state index in [1.807, 2.05) is 0 Å². The molecule has 1 aromatic heterocycles. The fourth-order valence-electron chi connectivity index (χ4n) is 2.87. The molecule has 1 unspecified atom stereocenters. The molecule has 6 nitrogen and oxygen atoms in total. The van der Waals surface area contributed by atoms with Gasteiger partial charge in [-0.2, -0.15) is 13.2 Å². The third-order valence-electron chi connectivity index (χ3n) is 4.45. The molecule has 1 fully saturated rings. The van der Waals surface area contributed by atoms with E-state index in [0.717, 1.165) is 0 Å². The Morgan fingerprint density at radius 2 is 1.96 bits per heavy atom. The van der Waals surface area contributed by atoms with Crippen LogP contribution in [0.4, 0.5) is 13.2 Å². The molecule has 1 N–H and O–H groups in total. The zero-order valence-electron chi connectivity index (χ0n) is 13.5. The minimum Gasteiger partial charge on any atom is -0.481 e. The Hall–Kier alpha value is -2.19. The molecule has 24 heavy (non-hydrogen) atoms. The Kier molecular flexibility index (Phi) is 4.56. The molecule has 0 radical (unpaired) electrons. The summed E-state index contributed by atoms with van der Waals surface area (Å²) in [5.74, 6) is -3.32. The molecule has 1 amide bonds. The van der Waals surface area contributed by atoms with Crippen molar-refractivity contribution in [2.75, 3.05) is 13.1 Å². The van der Waals surface area contributed by atoms with Crippen LogP contribution in [0.5, 0.6) is 0 Å². The lowest BCUT2D eigenvalue weighted by molar-refractivity contribution is -0.150. The van der Waals surface area contributed by atoms with Crippen LogP contribution in [0.1, 0.15) is 42.3 Å². The highest BCUT2D eigenvalue weighted by atomic mass is 19.4. The van der Waals surface area contributed by atoms with E-state index in [1.165, 1.54) is 17.9 Å². The van der Waals surface area contributed by atoms with Gasteiger partial charge in [-0.15, -0.1) is 0 Å². The third-order valence-corrected chi connectivity index (χ3v) is 4.45. The fourth-order valence-corrected chi connectivity index (χ4v) is 2.87. The molecule has 1 saturated heterocycles. The van der Waals surface area contributed by atoms with E-state index in [0.29, 0.717) is 0 Å². The number of amides is 1. The van der Waals surface area contributed by atoms with E-state index in [2.05, 4.69) is 9.97 Å². The molecular weight excluding hydrogens is 327 g/mol. The van der Waals surface area contributed by atoms with Gasteiger partial charge >= 0.3 is 12.1 Å². The van der Waals surface area contributed by atoms with Crippen molar-refractivity contribution in [2.24, 2.45) is 11.3 Å². The van der Waals surface area contributed by atoms with Crippen molar-refractivity contribution in [1.29, 1.82) is 0 Å². The molecule has 2 rings (SSSR count). The zero-order valence-corrected chi connectivity index (χ0v) is 13.5. The maximum atomic E-state index is 12.8. The molecular formula is C15H18F3N3O3. The molecule has 1 atom stereocenters. The van der Waals surface area contributed by atoms with E-state index in [-0.39, 0.29) is 36.8 Å². The number of hydrogen-bond donors (Lipinski definition) is 1. The second-order valence-corrected chi connectivity index (χ2v) is 6.31. The number of nitrogens with zero attached hydrogens (tertiary/aromatic N) is 3. The number of hydrogen-bond acceptors (Lipinski definition) is 4. The molecule has 0 aliphatic carbocycles. The number of rotatable bonds is 3. The van der Waals surface area contributed by atoms with E-state index >= 15 is 0 Å². The van der Waals surface area contributed by atoms with E-state index in [9.17, 15) is 27.9 Å². The van der Waals surface area contributed by atoms with Crippen LogP contribution in [-0.2, 0) is 11.0 Å². The van der Waals surface area contributed by atoms with Gasteiger partial charge in [-0.25, -0.2) is 9.97 Å². The first-order valence-corrected chi connectivity index (χ1v) is 7.43. The summed E-state index contributed by atoms with van der Waals surface area (Å²) < 4.78 is 38.4. The zero-order chi connectivity index (χ0) is 18.3. The summed E-state index contributed by atoms with van der Waals surface area (Å²) in [6, 6.07) is 1.17. The number of carbonyl (C=O) groups is 2. The average molecular weight is 345 g/mol. The monoisotopic (exact) mass is 345 g/mol. The maximum Gasteiger partial charge on any atom is 0.451 e. The Bertz CT molecular complexity index is 676. The number of aromatic nitrogens is 2. The number of likely N-dealkylation sites (tertiary alicyclic amines) is 1. The van der Waals surface area contributed by atoms with Gasteiger partial charge in [0.2, 0.25) is 5.82 Å². The van der Waals surface area contributed by atoms with Crippen molar-refractivity contribution in [1.82, 2.24) is 14.9 Å². The van der Waals surface area contributed by atoms with Gasteiger partial charge < -0.3 is 10.0 Å². The molecule has 9 heteroatoms. The molecule has 2 heterocycles. The Morgan fingerprint density at radius 3 is 2.42 bits per heavy atom. The lowest BCUT2D eigenvalue weighted by atomic mass is 9.76. The fraction of sp³-hybridized carbons (Fsp3) is 0.600. The molecule has 132 valence electrons. The van der Waals surface area contributed by atoms with Crippen LogP contribution in [0, 0.1) is 18.3 Å². The maximum absolute atomic E-state index is 12.8. The average Bonchev–Trinajstić information content (AvgIpc) is 2.91. The number of carboxylic acid groups (broad SMARTS) is 1. The first-order valence-electron chi connectivity index (χ1n) is 7.43. The second kappa shape index (κ2) is 6.03. The molecule has 0 saturated carbocycles. The van der Waals surface area contributed by atoms with Gasteiger partial charge in [0.05, 0.1) is 5.41 Å². The van der Waals surface area contributed by atoms with E-state index in [1.54, 1.807) is 13.8 Å². The Balaban J connectivity index is 2.31. The molecule has 1 aromatic rings. The van der Waals surface area contributed by atoms with Crippen molar-refractivity contribution in [3.8, 4) is 0 Å². The number of halogens is 3. The summed E-state index contributed by atoms with van der Waals surface area (Å²) in [4.78, 5) is 31.9. The molecule has 1 aliphatic heterocycles. The van der Waals surface area contributed by atoms with Gasteiger partial charge in [-0.3, -0.25) is 9.59 Å². The number of carboxylic acids is 1. The Labute approximate surface area is 136 Å². The van der Waals surface area contributed by atoms with E-state index in [4.69, 9.17) is 0 Å². The van der Waals surface area contributed by atoms with Gasteiger partial charge in [-0.1, -0.05) is 13.8 Å². The third kappa shape index (κ3) is 3.20. The van der Waals surface area contributed by atoms with Crippen molar-refractivity contribution in [2.45, 2.75) is 33.4 Å². The number of carbonyl (C=O) groups excluding carboxylic acids is 1. The second-order valence-electron chi connectivity index (χ2n) is 6.31. The van der Waals surface area contributed by atoms with Crippen LogP contribution < -0.4 is 0 Å². The van der Waals surface area contributed by atoms with Gasteiger partial charge in [0.15, 0.2) is 0 Å². The summed E-state index contributed by atoms with van der Waals surface area (Å²) in [6.07, 6.45) is -4.50. The SMILES string of the molecule is Cc1cc(C(=O)N2CCC(C(=O)O)(C(C)C)C2)nc(C(F)(F)F)n1. The van der Waals surface area contributed by atoms with Crippen molar-refractivity contribution in [3.05, 3.63) is 23.3 Å². The van der Waals surface area contributed by atoms with Crippen LogP contribution in [-0.4, -0.2) is 44.9 Å². The number of aryl methyl sites for hydroxylation is 1. The van der Waals surface area contributed by atoms with Gasteiger partial charge in [0.1, 0.15) is 5.69 Å². The first kappa shape index (κ1) is 18.2. The molecule has 0 aromatic carbocycles. The topological polar surface area (TPSA) is 83.4 Å². The summed E-state index contributed by atoms with van der Waals surface area (Å²) in [7, 11) is 0. The highest BCUT2D eigenvalue weighted by Gasteiger charge is 2.49. The smallest absolute Gasteiger partial charge is 0.451 e. The van der Waals surface area contributed by atoms with Crippen molar-refractivity contribution >= 4 is 11.9 Å². The van der Waals surface area contributed by atoms with Gasteiger partial charge in [0, 0.05) is 18.8 Å². The highest BCUT2D eigenvalue weighted by molar-refractivity contribution is 5.93. The normalized spacial score (nSPS) is 21.4. The molecule has 1 aliphatic rings. The first-order chi connectivity index (χ1) is 11.0. The summed E-state index contributed by atoms with van der Waals surface area (Å²) in [5, 5.41) is 9.49. The summed E-state index contributed by atoms with van der Waals surface area (Å²) >= 11 is 0. The Morgan fingerprint density at radius 1 is 1.33 bits per heavy atom. The lowest BCUT2D eigenvalue weighted by Crippen LogP contribution is -2.40. The van der Waals surface area contributed by atoms with Crippen molar-refractivity contribution in [3.63, 3.8) is 0 Å². The van der Waals surface area contributed by atoms with Gasteiger partial charge in [-0.05, 0) is 25.3 Å². The van der Waals surface area contributed by atoms with Crippen molar-refractivity contribution < 1.29 is 27.9 Å². The van der Waals surface area contributed by atoms with E-state index < -0.39 is 29.3 Å². The van der Waals surface area contributed by atoms with Crippen LogP contribution in [0.15, 0.2) is 6.07 Å². The van der Waals surface area contributed by atoms with Gasteiger partial charge in [0.25, 0.3) is 5.91 Å². The summed E-state index contributed by atoms with van der Waals surface area (Å²) in [6.45, 7) is 4.95.